The molecule has 1 saturated heterocycles. The molecule has 34 heavy (non-hydrogen) atoms. The van der Waals surface area contributed by atoms with Crippen molar-refractivity contribution in [3.63, 3.8) is 0 Å². The van der Waals surface area contributed by atoms with Crippen molar-refractivity contribution in [3.05, 3.63) is 58.8 Å². The average molecular weight is 457 g/mol. The van der Waals surface area contributed by atoms with Crippen LogP contribution < -0.4 is 10.5 Å². The Morgan fingerprint density at radius 2 is 1.88 bits per heavy atom. The van der Waals surface area contributed by atoms with Gasteiger partial charge in [-0.25, -0.2) is 0 Å². The van der Waals surface area contributed by atoms with Gasteiger partial charge in [0.25, 0.3) is 5.56 Å². The molecule has 4 aromatic rings. The first kappa shape index (κ1) is 22.0. The van der Waals surface area contributed by atoms with E-state index in [2.05, 4.69) is 63.8 Å². The quantitative estimate of drug-likeness (QED) is 0.466. The van der Waals surface area contributed by atoms with Crippen LogP contribution in [0.4, 0.5) is 5.69 Å². The topological polar surface area (TPSA) is 95.9 Å². The Hall–Kier alpha value is -3.77. The molecule has 1 fully saturated rings. The summed E-state index contributed by atoms with van der Waals surface area (Å²) in [6, 6.07) is 10.7. The molecule has 3 atom stereocenters. The van der Waals surface area contributed by atoms with Gasteiger partial charge in [-0.1, -0.05) is 6.07 Å². The van der Waals surface area contributed by atoms with E-state index >= 15 is 0 Å². The van der Waals surface area contributed by atoms with Gasteiger partial charge in [0, 0.05) is 56.7 Å². The van der Waals surface area contributed by atoms with Gasteiger partial charge in [-0.15, -0.1) is 0 Å². The van der Waals surface area contributed by atoms with Crippen molar-refractivity contribution in [2.24, 2.45) is 7.05 Å². The van der Waals surface area contributed by atoms with Crippen LogP contribution in [0.5, 0.6) is 0 Å². The molecule has 1 aliphatic heterocycles. The highest BCUT2D eigenvalue weighted by Gasteiger charge is 2.34. The number of aromatic nitrogens is 5. The Balaban J connectivity index is 1.45. The SMILES string of the molecule is C[C@@H]1CN(c2cc(=O)n(C)c3cn(CC#N)nc23)[C@@H](C)CN1[C@H](C)c1ccc2nccnc2c1. The number of piperazine rings is 1. The van der Waals surface area contributed by atoms with Crippen LogP contribution in [0.25, 0.3) is 22.1 Å². The van der Waals surface area contributed by atoms with E-state index in [-0.39, 0.29) is 30.2 Å². The summed E-state index contributed by atoms with van der Waals surface area (Å²) >= 11 is 0. The van der Waals surface area contributed by atoms with E-state index in [1.54, 1.807) is 41.0 Å². The standard InChI is InChI=1S/C25H28N8O/c1-16-14-33(22-12-24(34)30(4)23-15-31(10-7-26)29-25(22)23)17(2)13-32(16)18(3)19-5-6-20-21(11-19)28-9-8-27-20/h5-6,8-9,11-12,15-18H,10,13-14H2,1-4H3/t16-,17+,18-/m1/s1. The molecule has 0 radical (unpaired) electrons. The molecule has 0 spiro atoms. The molecule has 0 saturated carbocycles. The van der Waals surface area contributed by atoms with E-state index in [0.29, 0.717) is 0 Å². The average Bonchev–Trinajstić information content (AvgIpc) is 3.26. The molecule has 5 rings (SSSR count). The third kappa shape index (κ3) is 3.70. The van der Waals surface area contributed by atoms with Gasteiger partial charge in [-0.05, 0) is 38.5 Å². The summed E-state index contributed by atoms with van der Waals surface area (Å²) < 4.78 is 3.19. The zero-order chi connectivity index (χ0) is 24.0. The van der Waals surface area contributed by atoms with Crippen LogP contribution in [0.3, 0.4) is 0 Å². The summed E-state index contributed by atoms with van der Waals surface area (Å²) in [5.74, 6) is 0. The normalized spacial score (nSPS) is 20.0. The minimum Gasteiger partial charge on any atom is -0.364 e. The van der Waals surface area contributed by atoms with Gasteiger partial charge in [0.05, 0.1) is 34.5 Å². The van der Waals surface area contributed by atoms with Gasteiger partial charge < -0.3 is 9.47 Å². The van der Waals surface area contributed by atoms with Crippen molar-refractivity contribution in [1.29, 1.82) is 5.26 Å². The summed E-state index contributed by atoms with van der Waals surface area (Å²) in [6.07, 6.45) is 5.22. The number of aryl methyl sites for hydroxylation is 1. The first-order chi connectivity index (χ1) is 16.4. The fraction of sp³-hybridized carbons (Fsp3) is 0.400. The molecular weight excluding hydrogens is 428 g/mol. The number of pyridine rings is 1. The second-order valence-corrected chi connectivity index (χ2v) is 9.17. The molecule has 3 aromatic heterocycles. The Morgan fingerprint density at radius 3 is 2.65 bits per heavy atom. The second kappa shape index (κ2) is 8.54. The van der Waals surface area contributed by atoms with Gasteiger partial charge in [-0.2, -0.15) is 10.4 Å². The molecule has 0 amide bonds. The van der Waals surface area contributed by atoms with Crippen LogP contribution in [0.15, 0.2) is 47.7 Å². The van der Waals surface area contributed by atoms with E-state index in [4.69, 9.17) is 5.26 Å². The van der Waals surface area contributed by atoms with Crippen LogP contribution >= 0.6 is 0 Å². The van der Waals surface area contributed by atoms with Crippen LogP contribution in [0.1, 0.15) is 32.4 Å². The third-order valence-electron chi connectivity index (χ3n) is 6.99. The summed E-state index contributed by atoms with van der Waals surface area (Å²) in [6.45, 7) is 8.41. The molecule has 0 aliphatic carbocycles. The van der Waals surface area contributed by atoms with Gasteiger partial charge in [-0.3, -0.25) is 24.3 Å². The fourth-order valence-corrected chi connectivity index (χ4v) is 5.07. The number of nitrogens with zero attached hydrogens (tertiary/aromatic N) is 8. The van der Waals surface area contributed by atoms with E-state index in [9.17, 15) is 4.79 Å². The van der Waals surface area contributed by atoms with Gasteiger partial charge >= 0.3 is 0 Å². The molecule has 9 nitrogen and oxygen atoms in total. The molecule has 9 heteroatoms. The predicted octanol–water partition coefficient (Wildman–Crippen LogP) is 2.86. The Labute approximate surface area is 197 Å². The van der Waals surface area contributed by atoms with E-state index in [1.165, 1.54) is 5.56 Å². The Kier molecular flexibility index (Phi) is 5.54. The van der Waals surface area contributed by atoms with Gasteiger partial charge in [0.2, 0.25) is 0 Å². The minimum absolute atomic E-state index is 0.0769. The summed E-state index contributed by atoms with van der Waals surface area (Å²) in [5.41, 5.74) is 5.27. The lowest BCUT2D eigenvalue weighted by Gasteiger charge is -2.47. The Morgan fingerprint density at radius 1 is 1.12 bits per heavy atom. The number of hydrogen-bond acceptors (Lipinski definition) is 7. The Bertz CT molecular complexity index is 1470. The van der Waals surface area contributed by atoms with Gasteiger partial charge in [0.1, 0.15) is 12.1 Å². The van der Waals surface area contributed by atoms with E-state index in [0.717, 1.165) is 40.8 Å². The van der Waals surface area contributed by atoms with Crippen molar-refractivity contribution in [2.75, 3.05) is 18.0 Å². The molecule has 174 valence electrons. The molecule has 0 N–H and O–H groups in total. The number of nitriles is 1. The summed E-state index contributed by atoms with van der Waals surface area (Å²) in [7, 11) is 1.74. The zero-order valence-corrected chi connectivity index (χ0v) is 19.9. The number of fused-ring (bicyclic) bond motifs is 2. The van der Waals surface area contributed by atoms with Crippen molar-refractivity contribution < 1.29 is 0 Å². The largest absolute Gasteiger partial charge is 0.364 e. The first-order valence-electron chi connectivity index (χ1n) is 11.5. The molecular formula is C25H28N8O. The van der Waals surface area contributed by atoms with Crippen molar-refractivity contribution >= 4 is 27.8 Å². The van der Waals surface area contributed by atoms with Crippen LogP contribution in [-0.2, 0) is 13.6 Å². The monoisotopic (exact) mass is 456 g/mol. The molecule has 4 heterocycles. The maximum Gasteiger partial charge on any atom is 0.252 e. The summed E-state index contributed by atoms with van der Waals surface area (Å²) in [5, 5.41) is 13.7. The maximum absolute atomic E-state index is 12.7. The van der Waals surface area contributed by atoms with Crippen molar-refractivity contribution in [1.82, 2.24) is 29.2 Å². The van der Waals surface area contributed by atoms with Gasteiger partial charge in [0.15, 0.2) is 0 Å². The molecule has 1 aliphatic rings. The number of benzene rings is 1. The first-order valence-corrected chi connectivity index (χ1v) is 11.5. The highest BCUT2D eigenvalue weighted by molar-refractivity contribution is 5.88. The lowest BCUT2D eigenvalue weighted by molar-refractivity contribution is 0.119. The molecule has 0 unspecified atom stereocenters. The smallest absolute Gasteiger partial charge is 0.252 e. The molecule has 1 aromatic carbocycles. The maximum atomic E-state index is 12.7. The highest BCUT2D eigenvalue weighted by Crippen LogP contribution is 2.32. The van der Waals surface area contributed by atoms with Crippen LogP contribution in [0.2, 0.25) is 0 Å². The number of anilines is 1. The van der Waals surface area contributed by atoms with Crippen LogP contribution in [0, 0.1) is 11.3 Å². The number of hydrogen-bond donors (Lipinski definition) is 0. The zero-order valence-electron chi connectivity index (χ0n) is 19.9. The molecule has 0 bridgehead atoms. The second-order valence-electron chi connectivity index (χ2n) is 9.17. The van der Waals surface area contributed by atoms with Crippen molar-refractivity contribution in [2.45, 2.75) is 45.4 Å². The predicted molar refractivity (Wildman–Crippen MR) is 132 cm³/mol. The lowest BCUT2D eigenvalue weighted by Crippen LogP contribution is -2.57. The highest BCUT2D eigenvalue weighted by atomic mass is 16.1. The summed E-state index contributed by atoms with van der Waals surface area (Å²) in [4.78, 5) is 26.4. The lowest BCUT2D eigenvalue weighted by atomic mass is 10.00. The fourth-order valence-electron chi connectivity index (χ4n) is 5.07. The van der Waals surface area contributed by atoms with Crippen LogP contribution in [-0.4, -0.2) is 54.4 Å². The van der Waals surface area contributed by atoms with Crippen molar-refractivity contribution in [3.8, 4) is 6.07 Å². The van der Waals surface area contributed by atoms with E-state index < -0.39 is 0 Å². The third-order valence-corrected chi connectivity index (χ3v) is 6.99. The number of rotatable bonds is 4. The minimum atomic E-state index is -0.0769. The van der Waals surface area contributed by atoms with E-state index in [1.807, 2.05) is 6.07 Å².